The van der Waals surface area contributed by atoms with Gasteiger partial charge in [-0.15, -0.1) is 0 Å². The Morgan fingerprint density at radius 1 is 1.00 bits per heavy atom. The summed E-state index contributed by atoms with van der Waals surface area (Å²) in [6, 6.07) is 18.9. The highest BCUT2D eigenvalue weighted by Gasteiger charge is 2.44. The third-order valence-corrected chi connectivity index (χ3v) is 12.9. The second-order valence-electron chi connectivity index (χ2n) is 14.5. The van der Waals surface area contributed by atoms with E-state index >= 15 is 0 Å². The largest absolute Gasteiger partial charge is 0.343 e. The zero-order valence-electron chi connectivity index (χ0n) is 28.3. The van der Waals surface area contributed by atoms with Gasteiger partial charge in [-0.2, -0.15) is 0 Å². The number of sulfonamides is 1. The lowest BCUT2D eigenvalue weighted by Gasteiger charge is -2.45. The van der Waals surface area contributed by atoms with E-state index in [-0.39, 0.29) is 28.6 Å². The highest BCUT2D eigenvalue weighted by Crippen LogP contribution is 2.45. The molecule has 3 aromatic carbocycles. The van der Waals surface area contributed by atoms with Crippen LogP contribution in [0.3, 0.4) is 0 Å². The van der Waals surface area contributed by atoms with Crippen LogP contribution in [-0.2, 0) is 26.7 Å². The quantitative estimate of drug-likeness (QED) is 0.189. The first-order chi connectivity index (χ1) is 23.9. The lowest BCUT2D eigenvalue weighted by Crippen LogP contribution is -2.49. The van der Waals surface area contributed by atoms with E-state index in [9.17, 15) is 22.0 Å². The van der Waals surface area contributed by atoms with Crippen molar-refractivity contribution in [3.05, 3.63) is 94.3 Å². The van der Waals surface area contributed by atoms with E-state index in [1.165, 1.54) is 24.4 Å². The topological polar surface area (TPSA) is 102 Å². The Hall–Kier alpha value is -3.38. The third kappa shape index (κ3) is 6.94. The molecular weight excluding hydrogens is 680 g/mol. The van der Waals surface area contributed by atoms with Gasteiger partial charge >= 0.3 is 0 Å². The highest BCUT2D eigenvalue weighted by molar-refractivity contribution is 7.89. The summed E-state index contributed by atoms with van der Waals surface area (Å²) in [4.78, 5) is 22.2. The fraction of sp³-hybridized carbons (Fsp3) is 0.474. The van der Waals surface area contributed by atoms with Crippen LogP contribution in [0, 0.1) is 18.6 Å². The number of fused-ring (bicyclic) bond motifs is 3. The molecule has 2 N–H and O–H groups in total. The summed E-state index contributed by atoms with van der Waals surface area (Å²) in [6.07, 6.45) is 7.94. The molecule has 0 saturated carbocycles. The molecule has 0 radical (unpaired) electrons. The number of hydrogen-bond acceptors (Lipinski definition) is 5. The lowest BCUT2D eigenvalue weighted by molar-refractivity contribution is -0.133. The maximum absolute atomic E-state index is 14.6. The van der Waals surface area contributed by atoms with E-state index in [1.54, 1.807) is 12.1 Å². The van der Waals surface area contributed by atoms with Gasteiger partial charge in [-0.3, -0.25) is 9.69 Å². The average molecular weight is 724 g/mol. The Bertz CT molecular complexity index is 2000. The minimum atomic E-state index is -4.24. The van der Waals surface area contributed by atoms with Crippen LogP contribution in [0.25, 0.3) is 11.0 Å². The third-order valence-electron chi connectivity index (χ3n) is 11.6. The van der Waals surface area contributed by atoms with E-state index in [1.807, 2.05) is 17.0 Å². The number of rotatable bonds is 10. The molecule has 2 atom stereocenters. The number of primary sulfonamides is 1. The number of halogens is 3. The van der Waals surface area contributed by atoms with Gasteiger partial charge in [-0.25, -0.2) is 27.3 Å². The summed E-state index contributed by atoms with van der Waals surface area (Å²) in [5.74, 6) is -0.159. The molecule has 266 valence electrons. The lowest BCUT2D eigenvalue weighted by atomic mass is 9.70. The molecular formula is C38H44ClF2N5O3S. The molecule has 4 aromatic rings. The molecule has 2 unspecified atom stereocenters. The summed E-state index contributed by atoms with van der Waals surface area (Å²) < 4.78 is 54.7. The Morgan fingerprint density at radius 3 is 2.42 bits per heavy atom. The number of amides is 1. The van der Waals surface area contributed by atoms with Gasteiger partial charge in [-0.05, 0) is 124 Å². The minimum absolute atomic E-state index is 0.00480. The molecule has 3 saturated heterocycles. The Balaban J connectivity index is 0.995. The molecule has 0 spiro atoms. The van der Waals surface area contributed by atoms with Crippen molar-refractivity contribution in [3.63, 3.8) is 0 Å². The normalized spacial score (nSPS) is 22.3. The fourth-order valence-electron chi connectivity index (χ4n) is 9.04. The number of nitrogens with two attached hydrogens (primary N) is 1. The summed E-state index contributed by atoms with van der Waals surface area (Å²) in [7, 11) is -4.24. The predicted octanol–water partition coefficient (Wildman–Crippen LogP) is 7.07. The van der Waals surface area contributed by atoms with E-state index < -0.39 is 20.7 Å². The van der Waals surface area contributed by atoms with Crippen molar-refractivity contribution in [3.8, 4) is 0 Å². The number of aromatic nitrogens is 2. The van der Waals surface area contributed by atoms with Gasteiger partial charge in [0.25, 0.3) is 0 Å². The number of para-hydroxylation sites is 2. The van der Waals surface area contributed by atoms with Crippen molar-refractivity contribution < 1.29 is 22.0 Å². The molecule has 0 aliphatic carbocycles. The molecule has 7 rings (SSSR count). The maximum Gasteiger partial charge on any atom is 0.240 e. The number of nitrogens with zero attached hydrogens (tertiary/aromatic N) is 4. The number of carbonyl (C=O) groups is 1. The van der Waals surface area contributed by atoms with E-state index in [0.717, 1.165) is 67.7 Å². The molecule has 1 aromatic heterocycles. The average Bonchev–Trinajstić information content (AvgIpc) is 3.54. The monoisotopic (exact) mass is 723 g/mol. The predicted molar refractivity (Wildman–Crippen MR) is 190 cm³/mol. The maximum atomic E-state index is 14.6. The van der Waals surface area contributed by atoms with Crippen LogP contribution in [0.4, 0.5) is 8.78 Å². The molecule has 1 amide bonds. The first-order valence-electron chi connectivity index (χ1n) is 17.7. The highest BCUT2D eigenvalue weighted by atomic mass is 35.5. The number of imidazole rings is 1. The summed E-state index contributed by atoms with van der Waals surface area (Å²) in [5, 5.41) is 5.25. The molecule has 4 heterocycles. The number of hydrogen-bond donors (Lipinski definition) is 1. The van der Waals surface area contributed by atoms with Gasteiger partial charge in [0, 0.05) is 42.7 Å². The van der Waals surface area contributed by atoms with Crippen LogP contribution in [0.2, 0.25) is 5.02 Å². The Morgan fingerprint density at radius 2 is 1.72 bits per heavy atom. The van der Waals surface area contributed by atoms with Gasteiger partial charge < -0.3 is 9.47 Å². The van der Waals surface area contributed by atoms with Crippen LogP contribution in [-0.4, -0.2) is 65.4 Å². The van der Waals surface area contributed by atoms with Gasteiger partial charge in [0.15, 0.2) is 0 Å². The van der Waals surface area contributed by atoms with Gasteiger partial charge in [0.2, 0.25) is 15.9 Å². The van der Waals surface area contributed by atoms with Crippen molar-refractivity contribution in [1.29, 1.82) is 0 Å². The molecule has 50 heavy (non-hydrogen) atoms. The van der Waals surface area contributed by atoms with Crippen LogP contribution in [0.1, 0.15) is 80.8 Å². The van der Waals surface area contributed by atoms with Crippen molar-refractivity contribution in [2.24, 2.45) is 5.14 Å². The number of carbonyl (C=O) groups excluding carboxylic acids is 1. The van der Waals surface area contributed by atoms with E-state index in [2.05, 4.69) is 34.6 Å². The summed E-state index contributed by atoms with van der Waals surface area (Å²) >= 11 is 6.18. The smallest absolute Gasteiger partial charge is 0.240 e. The van der Waals surface area contributed by atoms with Crippen molar-refractivity contribution in [2.75, 3.05) is 19.6 Å². The van der Waals surface area contributed by atoms with Crippen LogP contribution < -0.4 is 5.14 Å². The van der Waals surface area contributed by atoms with Gasteiger partial charge in [0.1, 0.15) is 22.4 Å². The van der Waals surface area contributed by atoms with Crippen LogP contribution in [0.15, 0.2) is 65.6 Å². The van der Waals surface area contributed by atoms with Crippen molar-refractivity contribution in [2.45, 2.75) is 99.6 Å². The molecule has 12 heteroatoms. The minimum Gasteiger partial charge on any atom is -0.343 e. The van der Waals surface area contributed by atoms with Crippen LogP contribution in [0.5, 0.6) is 0 Å². The van der Waals surface area contributed by atoms with Gasteiger partial charge in [-0.1, -0.05) is 35.9 Å². The standard InChI is InChI=1S/C38H44ClF2N5O3S/c1-25-43-34-9-2-3-10-35(34)46(25)31-22-29-12-13-30(23-31)45(29)19-16-38(27-7-5-8-28(40)21-27)14-17-44(18-15-38)37(47)11-4-6-26-20-36(50(42,48)49)33(41)24-32(26)39/h2-3,5,7-10,20-21,24,29-31H,4,6,11-19,22-23H2,1H3,(H2,42,48,49). The molecule has 8 nitrogen and oxygen atoms in total. The second kappa shape index (κ2) is 14.0. The zero-order chi connectivity index (χ0) is 35.2. The second-order valence-corrected chi connectivity index (χ2v) is 16.4. The Labute approximate surface area is 297 Å². The van der Waals surface area contributed by atoms with E-state index in [0.29, 0.717) is 49.6 Å². The molecule has 2 bridgehead atoms. The SMILES string of the molecule is Cc1nc2ccccc2n1C1CC2CCC(C1)N2CCC1(c2cccc(F)c2)CCN(C(=O)CCCc2cc(S(N)(=O)=O)c(F)cc2Cl)CC1. The molecule has 3 aliphatic heterocycles. The first-order valence-corrected chi connectivity index (χ1v) is 19.6. The van der Waals surface area contributed by atoms with E-state index in [4.69, 9.17) is 21.7 Å². The first kappa shape index (κ1) is 35.0. The summed E-state index contributed by atoms with van der Waals surface area (Å²) in [5.41, 5.74) is 3.46. The van der Waals surface area contributed by atoms with Crippen LogP contribution >= 0.6 is 11.6 Å². The number of piperidine rings is 2. The number of benzene rings is 3. The van der Waals surface area contributed by atoms with Crippen molar-refractivity contribution >= 4 is 38.6 Å². The zero-order valence-corrected chi connectivity index (χ0v) is 29.9. The summed E-state index contributed by atoms with van der Waals surface area (Å²) in [6.45, 7) is 4.20. The Kier molecular flexibility index (Phi) is 9.79. The van der Waals surface area contributed by atoms with Gasteiger partial charge in [0.05, 0.1) is 11.0 Å². The van der Waals surface area contributed by atoms with Crippen molar-refractivity contribution in [1.82, 2.24) is 19.4 Å². The number of likely N-dealkylation sites (tertiary alicyclic amines) is 1. The molecule has 3 fully saturated rings. The molecule has 3 aliphatic rings. The fourth-order valence-corrected chi connectivity index (χ4v) is 9.93. The number of aryl methyl sites for hydroxylation is 2.